The lowest BCUT2D eigenvalue weighted by molar-refractivity contribution is -0.123. The van der Waals surface area contributed by atoms with Gasteiger partial charge in [-0.15, -0.1) is 23.1 Å². The number of amides is 2. The molecule has 172 valence electrons. The molecule has 2 aliphatic heterocycles. The van der Waals surface area contributed by atoms with Gasteiger partial charge in [0.1, 0.15) is 11.6 Å². The quantitative estimate of drug-likeness (QED) is 0.360. The molecule has 34 heavy (non-hydrogen) atoms. The van der Waals surface area contributed by atoms with Gasteiger partial charge in [0, 0.05) is 21.6 Å². The molecule has 7 unspecified atom stereocenters. The van der Waals surface area contributed by atoms with Crippen molar-refractivity contribution in [2.45, 2.75) is 22.6 Å². The number of aromatic hydroxyl groups is 1. The van der Waals surface area contributed by atoms with Gasteiger partial charge in [-0.3, -0.25) is 14.5 Å². The fraction of sp³-hybridized carbons (Fsp3) is 0.320. The van der Waals surface area contributed by atoms with Crippen molar-refractivity contribution in [3.05, 3.63) is 68.7 Å². The van der Waals surface area contributed by atoms with Crippen LogP contribution in [-0.4, -0.2) is 27.2 Å². The standard InChI is InChI=1S/C25H19FN2O3S3/c26-10-5-7-11(8-6-10)28-23(30)18-13-9-14(19(18)24(28)31)20-17(13)16(12-3-1-2-4-15(12)29)21-22(33-20)27-25(32)34-21/h1-8,13-14,16-20,29H,9H2,(H,27,32). The number of carbonyl (C=O) groups excluding carboxylic acids is 2. The summed E-state index contributed by atoms with van der Waals surface area (Å²) in [6, 6.07) is 12.9. The molecule has 2 aliphatic carbocycles. The number of hydrogen-bond donors (Lipinski definition) is 2. The van der Waals surface area contributed by atoms with Crippen LogP contribution in [0.25, 0.3) is 0 Å². The second-order valence-electron chi connectivity index (χ2n) is 9.51. The number of nitrogens with one attached hydrogen (secondary N) is 1. The second-order valence-corrected chi connectivity index (χ2v) is 12.4. The maximum atomic E-state index is 13.6. The number of benzene rings is 2. The number of anilines is 1. The van der Waals surface area contributed by atoms with Gasteiger partial charge in [-0.05, 0) is 66.7 Å². The topological polar surface area (TPSA) is 73.4 Å². The van der Waals surface area contributed by atoms with Crippen molar-refractivity contribution < 1.29 is 19.1 Å². The number of fused-ring (bicyclic) bond motifs is 9. The largest absolute Gasteiger partial charge is 0.508 e. The lowest BCUT2D eigenvalue weighted by Crippen LogP contribution is -2.42. The summed E-state index contributed by atoms with van der Waals surface area (Å²) in [5.41, 5.74) is 1.28. The first-order valence-electron chi connectivity index (χ1n) is 11.2. The Bertz CT molecular complexity index is 1420. The minimum Gasteiger partial charge on any atom is -0.508 e. The van der Waals surface area contributed by atoms with Crippen molar-refractivity contribution in [3.63, 3.8) is 0 Å². The van der Waals surface area contributed by atoms with Crippen LogP contribution in [0.3, 0.4) is 0 Å². The summed E-state index contributed by atoms with van der Waals surface area (Å²) in [5.74, 6) is -1.13. The Hall–Kier alpha value is -2.49. The average Bonchev–Trinajstić information content (AvgIpc) is 3.54. The third kappa shape index (κ3) is 2.69. The predicted octanol–water partition coefficient (Wildman–Crippen LogP) is 5.33. The van der Waals surface area contributed by atoms with Gasteiger partial charge < -0.3 is 10.1 Å². The van der Waals surface area contributed by atoms with Gasteiger partial charge in [0.15, 0.2) is 3.95 Å². The molecule has 2 saturated carbocycles. The third-order valence-corrected chi connectivity index (χ3v) is 11.0. The van der Waals surface area contributed by atoms with Crippen LogP contribution >= 0.6 is 35.3 Å². The summed E-state index contributed by atoms with van der Waals surface area (Å²) in [5, 5.41) is 11.9. The number of phenolic OH excluding ortho intramolecular Hbond substituents is 1. The predicted molar refractivity (Wildman–Crippen MR) is 130 cm³/mol. The van der Waals surface area contributed by atoms with E-state index in [9.17, 15) is 19.1 Å². The van der Waals surface area contributed by atoms with E-state index in [2.05, 4.69) is 4.98 Å². The minimum atomic E-state index is -0.403. The second kappa shape index (κ2) is 7.26. The molecule has 3 aromatic rings. The number of hydrogen-bond acceptors (Lipinski definition) is 6. The molecule has 0 radical (unpaired) electrons. The Labute approximate surface area is 208 Å². The molecule has 2 bridgehead atoms. The van der Waals surface area contributed by atoms with E-state index in [0.29, 0.717) is 9.64 Å². The molecule has 1 aromatic heterocycles. The van der Waals surface area contributed by atoms with E-state index in [-0.39, 0.29) is 58.3 Å². The Balaban J connectivity index is 1.34. The summed E-state index contributed by atoms with van der Waals surface area (Å²) < 4.78 is 14.2. The summed E-state index contributed by atoms with van der Waals surface area (Å²) >= 11 is 8.74. The zero-order chi connectivity index (χ0) is 23.3. The molecule has 4 aliphatic rings. The summed E-state index contributed by atoms with van der Waals surface area (Å²) in [6.45, 7) is 0. The number of aromatic nitrogens is 1. The van der Waals surface area contributed by atoms with Crippen LogP contribution in [0.1, 0.15) is 22.8 Å². The number of halogens is 1. The number of carbonyl (C=O) groups is 2. The van der Waals surface area contributed by atoms with Crippen molar-refractivity contribution in [1.29, 1.82) is 0 Å². The molecule has 3 fully saturated rings. The van der Waals surface area contributed by atoms with Gasteiger partial charge in [-0.25, -0.2) is 4.39 Å². The van der Waals surface area contributed by atoms with Crippen molar-refractivity contribution in [3.8, 4) is 5.75 Å². The molecular formula is C25H19FN2O3S3. The summed E-state index contributed by atoms with van der Waals surface area (Å²) in [4.78, 5) is 32.9. The van der Waals surface area contributed by atoms with Gasteiger partial charge in [0.25, 0.3) is 0 Å². The number of para-hydroxylation sites is 1. The van der Waals surface area contributed by atoms with E-state index >= 15 is 0 Å². The van der Waals surface area contributed by atoms with Gasteiger partial charge >= 0.3 is 0 Å². The monoisotopic (exact) mass is 510 g/mol. The molecule has 2 N–H and O–H groups in total. The first kappa shape index (κ1) is 20.8. The fourth-order valence-corrected chi connectivity index (χ4v) is 10.3. The SMILES string of the molecule is O=C1C2C3CC(C2C(=O)N1c1ccc(F)cc1)C1C(c2ccccc2O)c2sc(=S)[nH]c2SC31. The molecular weight excluding hydrogens is 491 g/mol. The van der Waals surface area contributed by atoms with Crippen LogP contribution in [0, 0.1) is 39.4 Å². The van der Waals surface area contributed by atoms with Gasteiger partial charge in [-0.1, -0.05) is 18.2 Å². The first-order chi connectivity index (χ1) is 16.4. The van der Waals surface area contributed by atoms with Gasteiger partial charge in [-0.2, -0.15) is 0 Å². The number of phenols is 1. The van der Waals surface area contributed by atoms with E-state index < -0.39 is 5.82 Å². The Morgan fingerprint density at radius 2 is 1.74 bits per heavy atom. The molecule has 7 atom stereocenters. The van der Waals surface area contributed by atoms with Crippen molar-refractivity contribution >= 4 is 52.8 Å². The molecule has 0 spiro atoms. The molecule has 2 aromatic carbocycles. The highest BCUT2D eigenvalue weighted by Gasteiger charge is 2.69. The van der Waals surface area contributed by atoms with E-state index in [1.54, 1.807) is 17.8 Å². The smallest absolute Gasteiger partial charge is 0.238 e. The van der Waals surface area contributed by atoms with E-state index in [1.807, 2.05) is 18.2 Å². The van der Waals surface area contributed by atoms with Crippen LogP contribution in [0.2, 0.25) is 0 Å². The zero-order valence-corrected chi connectivity index (χ0v) is 20.1. The van der Waals surface area contributed by atoms with Crippen LogP contribution in [-0.2, 0) is 9.59 Å². The molecule has 2 amide bonds. The fourth-order valence-electron chi connectivity index (χ4n) is 6.96. The van der Waals surface area contributed by atoms with Gasteiger partial charge in [0.2, 0.25) is 11.8 Å². The highest BCUT2D eigenvalue weighted by molar-refractivity contribution is 8.00. The number of aromatic amines is 1. The number of nitrogens with zero attached hydrogens (tertiary/aromatic N) is 1. The summed E-state index contributed by atoms with van der Waals surface area (Å²) in [6.07, 6.45) is 0.826. The van der Waals surface area contributed by atoms with Crippen LogP contribution in [0.4, 0.5) is 10.1 Å². The Morgan fingerprint density at radius 1 is 1.03 bits per heavy atom. The van der Waals surface area contributed by atoms with Crippen LogP contribution in [0.15, 0.2) is 53.6 Å². The van der Waals surface area contributed by atoms with Crippen LogP contribution in [0.5, 0.6) is 5.75 Å². The van der Waals surface area contributed by atoms with E-state index in [1.165, 1.54) is 40.5 Å². The molecule has 9 heteroatoms. The van der Waals surface area contributed by atoms with Crippen molar-refractivity contribution in [1.82, 2.24) is 4.98 Å². The Kier molecular flexibility index (Phi) is 4.45. The molecule has 5 nitrogen and oxygen atoms in total. The van der Waals surface area contributed by atoms with Crippen molar-refractivity contribution in [2.24, 2.45) is 29.6 Å². The number of H-pyrrole nitrogens is 1. The average molecular weight is 511 g/mol. The highest BCUT2D eigenvalue weighted by atomic mass is 32.2. The van der Waals surface area contributed by atoms with Gasteiger partial charge in [0.05, 0.1) is 22.5 Å². The van der Waals surface area contributed by atoms with Crippen LogP contribution < -0.4 is 4.90 Å². The third-order valence-electron chi connectivity index (χ3n) is 8.08. The van der Waals surface area contributed by atoms with E-state index in [0.717, 1.165) is 21.9 Å². The number of thioether (sulfide) groups is 1. The molecule has 1 saturated heterocycles. The zero-order valence-electron chi connectivity index (χ0n) is 17.7. The highest BCUT2D eigenvalue weighted by Crippen LogP contribution is 2.69. The Morgan fingerprint density at radius 3 is 2.47 bits per heavy atom. The maximum absolute atomic E-state index is 13.6. The normalized spacial score (nSPS) is 33.2. The lowest BCUT2D eigenvalue weighted by atomic mass is 9.68. The van der Waals surface area contributed by atoms with E-state index in [4.69, 9.17) is 12.2 Å². The molecule has 7 rings (SSSR count). The summed E-state index contributed by atoms with van der Waals surface area (Å²) in [7, 11) is 0. The maximum Gasteiger partial charge on any atom is 0.238 e. The first-order valence-corrected chi connectivity index (χ1v) is 13.4. The lowest BCUT2D eigenvalue weighted by Gasteiger charge is -2.43. The van der Waals surface area contributed by atoms with Crippen molar-refractivity contribution in [2.75, 3.05) is 4.90 Å². The number of imide groups is 1. The number of thiazole rings is 1. The molecule has 3 heterocycles. The number of rotatable bonds is 2. The minimum absolute atomic E-state index is 0.0304.